The zero-order valence-electron chi connectivity index (χ0n) is 19.2. The van der Waals surface area contributed by atoms with Crippen molar-refractivity contribution in [1.82, 2.24) is 15.2 Å². The van der Waals surface area contributed by atoms with Crippen molar-refractivity contribution in [3.05, 3.63) is 53.2 Å². The van der Waals surface area contributed by atoms with E-state index in [1.54, 1.807) is 20.8 Å². The van der Waals surface area contributed by atoms with Crippen LogP contribution in [0.1, 0.15) is 42.4 Å². The van der Waals surface area contributed by atoms with Crippen molar-refractivity contribution >= 4 is 12.0 Å². The lowest BCUT2D eigenvalue weighted by atomic mass is 10.2. The quantitative estimate of drug-likeness (QED) is 0.602. The summed E-state index contributed by atoms with van der Waals surface area (Å²) in [6.45, 7) is 4.22. The summed E-state index contributed by atoms with van der Waals surface area (Å²) in [5.74, 6) is -0.954. The zero-order chi connectivity index (χ0) is 26.0. The van der Waals surface area contributed by atoms with E-state index in [4.69, 9.17) is 9.47 Å². The number of amides is 2. The van der Waals surface area contributed by atoms with Crippen LogP contribution in [0.4, 0.5) is 22.4 Å². The summed E-state index contributed by atoms with van der Waals surface area (Å²) < 4.78 is 64.3. The summed E-state index contributed by atoms with van der Waals surface area (Å²) in [6, 6.07) is 7.56. The van der Waals surface area contributed by atoms with Gasteiger partial charge in [0.15, 0.2) is 0 Å². The number of aromatic nitrogens is 1. The van der Waals surface area contributed by atoms with Gasteiger partial charge in [-0.1, -0.05) is 6.07 Å². The molecule has 0 spiro atoms. The van der Waals surface area contributed by atoms with Gasteiger partial charge in [0.25, 0.3) is 5.91 Å². The lowest BCUT2D eigenvalue weighted by Crippen LogP contribution is -2.32. The Balaban J connectivity index is 1.79. The Kier molecular flexibility index (Phi) is 7.53. The van der Waals surface area contributed by atoms with Crippen molar-refractivity contribution in [2.45, 2.75) is 51.4 Å². The third-order valence-corrected chi connectivity index (χ3v) is 4.80. The van der Waals surface area contributed by atoms with Gasteiger partial charge in [-0.2, -0.15) is 13.2 Å². The molecular formula is C23H25F4N3O5. The first kappa shape index (κ1) is 26.2. The van der Waals surface area contributed by atoms with E-state index in [1.165, 1.54) is 30.3 Å². The standard InChI is InChI=1S/C23H25F4N3O5/c1-22(2,3)35-21(33)28-10-13-7-18(23(25,26)27)29-19(8-13)34-15-6-4-5-14(9-15)20(32)30-11-16(24)17(31)12-30/h4-9,16-17,31H,10-12H2,1-3H3,(H,28,33). The minimum absolute atomic E-state index is 0.0188. The Morgan fingerprint density at radius 1 is 1.17 bits per heavy atom. The van der Waals surface area contributed by atoms with Gasteiger partial charge in [-0.25, -0.2) is 14.2 Å². The van der Waals surface area contributed by atoms with E-state index in [2.05, 4.69) is 10.3 Å². The molecule has 35 heavy (non-hydrogen) atoms. The number of pyridine rings is 1. The van der Waals surface area contributed by atoms with Crippen LogP contribution >= 0.6 is 0 Å². The number of hydrogen-bond acceptors (Lipinski definition) is 6. The van der Waals surface area contributed by atoms with Gasteiger partial charge in [-0.05, 0) is 50.6 Å². The van der Waals surface area contributed by atoms with Gasteiger partial charge in [-0.3, -0.25) is 4.79 Å². The van der Waals surface area contributed by atoms with Crippen LogP contribution in [0.2, 0.25) is 0 Å². The van der Waals surface area contributed by atoms with E-state index in [0.717, 1.165) is 11.0 Å². The van der Waals surface area contributed by atoms with E-state index in [9.17, 15) is 32.3 Å². The molecule has 12 heteroatoms. The maximum Gasteiger partial charge on any atom is 0.433 e. The topological polar surface area (TPSA) is 101 Å². The van der Waals surface area contributed by atoms with Gasteiger partial charge >= 0.3 is 12.3 Å². The molecule has 0 bridgehead atoms. The number of nitrogens with one attached hydrogen (secondary N) is 1. The third-order valence-electron chi connectivity index (χ3n) is 4.80. The molecule has 2 aromatic rings. The molecular weight excluding hydrogens is 474 g/mol. The van der Waals surface area contributed by atoms with Gasteiger partial charge in [0.05, 0.1) is 6.54 Å². The highest BCUT2D eigenvalue weighted by molar-refractivity contribution is 5.94. The molecule has 8 nitrogen and oxygen atoms in total. The number of hydrogen-bond donors (Lipinski definition) is 2. The Morgan fingerprint density at radius 2 is 1.89 bits per heavy atom. The summed E-state index contributed by atoms with van der Waals surface area (Å²) in [5, 5.41) is 11.9. The second-order valence-corrected chi connectivity index (χ2v) is 8.98. The lowest BCUT2D eigenvalue weighted by Gasteiger charge is -2.20. The van der Waals surface area contributed by atoms with Gasteiger partial charge in [0.1, 0.15) is 29.3 Å². The molecule has 190 valence electrons. The van der Waals surface area contributed by atoms with Gasteiger partial charge in [0, 0.05) is 24.7 Å². The van der Waals surface area contributed by atoms with Crippen LogP contribution in [-0.4, -0.2) is 58.0 Å². The highest BCUT2D eigenvalue weighted by atomic mass is 19.4. The second-order valence-electron chi connectivity index (χ2n) is 8.98. The minimum Gasteiger partial charge on any atom is -0.444 e. The average Bonchev–Trinajstić information content (AvgIpc) is 3.08. The molecule has 2 atom stereocenters. The molecule has 1 saturated heterocycles. The van der Waals surface area contributed by atoms with E-state index in [1.807, 2.05) is 0 Å². The highest BCUT2D eigenvalue weighted by Crippen LogP contribution is 2.31. The smallest absolute Gasteiger partial charge is 0.433 e. The normalized spacial score (nSPS) is 18.3. The van der Waals surface area contributed by atoms with Crippen LogP contribution in [0.3, 0.4) is 0 Å². The summed E-state index contributed by atoms with van der Waals surface area (Å²) in [6.07, 6.45) is -8.42. The molecule has 1 aromatic carbocycles. The van der Waals surface area contributed by atoms with Crippen molar-refractivity contribution in [2.24, 2.45) is 0 Å². The molecule has 2 heterocycles. The number of nitrogens with zero attached hydrogens (tertiary/aromatic N) is 2. The molecule has 0 saturated carbocycles. The minimum atomic E-state index is -4.78. The predicted octanol–water partition coefficient (Wildman–Crippen LogP) is 4.07. The molecule has 1 aliphatic heterocycles. The van der Waals surface area contributed by atoms with Crippen molar-refractivity contribution in [2.75, 3.05) is 13.1 Å². The summed E-state index contributed by atoms with van der Waals surface area (Å²) in [5.41, 5.74) is -1.86. The molecule has 1 aromatic heterocycles. The summed E-state index contributed by atoms with van der Waals surface area (Å²) in [4.78, 5) is 29.1. The molecule has 2 amide bonds. The number of aliphatic hydroxyl groups excluding tert-OH is 1. The fraction of sp³-hybridized carbons (Fsp3) is 0.435. The van der Waals surface area contributed by atoms with Crippen molar-refractivity contribution in [1.29, 1.82) is 0 Å². The number of ether oxygens (including phenoxy) is 2. The number of carbonyl (C=O) groups is 2. The van der Waals surface area contributed by atoms with E-state index in [-0.39, 0.29) is 36.5 Å². The second kappa shape index (κ2) is 10.1. The molecule has 0 radical (unpaired) electrons. The van der Waals surface area contributed by atoms with Crippen molar-refractivity contribution < 1.29 is 41.7 Å². The molecule has 0 aliphatic carbocycles. The zero-order valence-corrected chi connectivity index (χ0v) is 19.2. The maximum atomic E-state index is 13.6. The molecule has 1 aliphatic rings. The number of carbonyl (C=O) groups excluding carboxylic acids is 2. The fourth-order valence-electron chi connectivity index (χ4n) is 3.26. The Morgan fingerprint density at radius 3 is 2.49 bits per heavy atom. The number of β-amino-alcohol motifs (C(OH)–C–C–N with tert-alkyl or cyclic N) is 1. The monoisotopic (exact) mass is 499 g/mol. The maximum absolute atomic E-state index is 13.6. The van der Waals surface area contributed by atoms with Gasteiger partial charge < -0.3 is 24.8 Å². The van der Waals surface area contributed by atoms with Crippen LogP contribution < -0.4 is 10.1 Å². The van der Waals surface area contributed by atoms with Crippen LogP contribution in [0.25, 0.3) is 0 Å². The van der Waals surface area contributed by atoms with E-state index < -0.39 is 47.6 Å². The molecule has 1 fully saturated rings. The van der Waals surface area contributed by atoms with Crippen LogP contribution in [0.15, 0.2) is 36.4 Å². The Bertz CT molecular complexity index is 1080. The lowest BCUT2D eigenvalue weighted by molar-refractivity contribution is -0.141. The third kappa shape index (κ3) is 7.28. The average molecular weight is 499 g/mol. The summed E-state index contributed by atoms with van der Waals surface area (Å²) in [7, 11) is 0. The first-order valence-electron chi connectivity index (χ1n) is 10.7. The van der Waals surface area contributed by atoms with E-state index in [0.29, 0.717) is 0 Å². The number of aliphatic hydroxyl groups is 1. The van der Waals surface area contributed by atoms with Crippen molar-refractivity contribution in [3.63, 3.8) is 0 Å². The Hall–Kier alpha value is -3.41. The number of likely N-dealkylation sites (tertiary alicyclic amines) is 1. The molecule has 3 rings (SSSR count). The molecule has 2 N–H and O–H groups in total. The number of halogens is 4. The van der Waals surface area contributed by atoms with Crippen LogP contribution in [-0.2, 0) is 17.5 Å². The summed E-state index contributed by atoms with van der Waals surface area (Å²) >= 11 is 0. The number of alkyl halides is 4. The predicted molar refractivity (Wildman–Crippen MR) is 116 cm³/mol. The van der Waals surface area contributed by atoms with Gasteiger partial charge in [0.2, 0.25) is 5.88 Å². The first-order valence-corrected chi connectivity index (χ1v) is 10.7. The largest absolute Gasteiger partial charge is 0.444 e. The number of alkyl carbamates (subject to hydrolysis) is 1. The van der Waals surface area contributed by atoms with Crippen molar-refractivity contribution in [3.8, 4) is 11.6 Å². The van der Waals surface area contributed by atoms with Crippen LogP contribution in [0.5, 0.6) is 11.6 Å². The Labute approximate surface area is 198 Å². The highest BCUT2D eigenvalue weighted by Gasteiger charge is 2.35. The molecule has 2 unspecified atom stereocenters. The number of rotatable bonds is 5. The number of benzene rings is 1. The SMILES string of the molecule is CC(C)(C)OC(=O)NCc1cc(Oc2cccc(C(=O)N3CC(O)C(F)C3)c2)nc(C(F)(F)F)c1. The van der Waals surface area contributed by atoms with E-state index >= 15 is 0 Å². The fourth-order valence-corrected chi connectivity index (χ4v) is 3.26. The van der Waals surface area contributed by atoms with Crippen LogP contribution in [0, 0.1) is 0 Å². The van der Waals surface area contributed by atoms with Gasteiger partial charge in [-0.15, -0.1) is 0 Å². The first-order chi connectivity index (χ1) is 16.2.